The number of ether oxygens (including phenoxy) is 1. The Morgan fingerprint density at radius 2 is 2.12 bits per heavy atom. The second-order valence-corrected chi connectivity index (χ2v) is 7.47. The third-order valence-electron chi connectivity index (χ3n) is 5.50. The van der Waals surface area contributed by atoms with Gasteiger partial charge in [0.05, 0.1) is 6.61 Å². The van der Waals surface area contributed by atoms with E-state index in [0.717, 1.165) is 43.7 Å². The van der Waals surface area contributed by atoms with Crippen molar-refractivity contribution in [3.8, 4) is 0 Å². The number of aromatic amines is 1. The molecule has 2 aromatic heterocycles. The summed E-state index contributed by atoms with van der Waals surface area (Å²) in [5, 5.41) is 10.9. The molecule has 0 amide bonds. The van der Waals surface area contributed by atoms with Crippen LogP contribution in [0.4, 0.5) is 17.6 Å². The molecule has 2 N–H and O–H groups in total. The van der Waals surface area contributed by atoms with E-state index < -0.39 is 0 Å². The first kappa shape index (κ1) is 17.3. The highest BCUT2D eigenvalue weighted by molar-refractivity contribution is 5.53. The van der Waals surface area contributed by atoms with Gasteiger partial charge in [-0.1, -0.05) is 12.8 Å². The summed E-state index contributed by atoms with van der Waals surface area (Å²) in [6.45, 7) is 2.75. The van der Waals surface area contributed by atoms with E-state index in [4.69, 9.17) is 9.72 Å². The quantitative estimate of drug-likeness (QED) is 0.825. The smallest absolute Gasteiger partial charge is 0.227 e. The Kier molecular flexibility index (Phi) is 5.34. The molecule has 26 heavy (non-hydrogen) atoms. The number of piperidine rings is 1. The summed E-state index contributed by atoms with van der Waals surface area (Å²) >= 11 is 0. The first-order valence-electron chi connectivity index (χ1n) is 9.71. The van der Waals surface area contributed by atoms with Gasteiger partial charge >= 0.3 is 0 Å². The fourth-order valence-corrected chi connectivity index (χ4v) is 4.17. The SMILES string of the molecule is COC[C@H]1CCCN(c2nccc(Nc3cc(C4CCCC4)[nH]n3)n2)C1. The van der Waals surface area contributed by atoms with Crippen LogP contribution >= 0.6 is 0 Å². The molecular formula is C19H28N6O. The maximum absolute atomic E-state index is 5.32. The molecule has 0 spiro atoms. The van der Waals surface area contributed by atoms with Crippen molar-refractivity contribution in [2.24, 2.45) is 5.92 Å². The highest BCUT2D eigenvalue weighted by Gasteiger charge is 2.22. The zero-order valence-electron chi connectivity index (χ0n) is 15.4. The number of hydrogen-bond donors (Lipinski definition) is 2. The average molecular weight is 356 g/mol. The molecule has 1 saturated heterocycles. The Morgan fingerprint density at radius 1 is 1.23 bits per heavy atom. The van der Waals surface area contributed by atoms with E-state index in [9.17, 15) is 0 Å². The topological polar surface area (TPSA) is 79.0 Å². The molecule has 1 atom stereocenters. The fourth-order valence-electron chi connectivity index (χ4n) is 4.17. The van der Waals surface area contributed by atoms with Gasteiger partial charge in [-0.05, 0) is 37.7 Å². The van der Waals surface area contributed by atoms with Gasteiger partial charge in [-0.25, -0.2) is 4.98 Å². The van der Waals surface area contributed by atoms with E-state index in [-0.39, 0.29) is 0 Å². The lowest BCUT2D eigenvalue weighted by molar-refractivity contribution is 0.143. The molecule has 0 bridgehead atoms. The van der Waals surface area contributed by atoms with E-state index >= 15 is 0 Å². The summed E-state index contributed by atoms with van der Waals surface area (Å²) in [6.07, 6.45) is 9.34. The van der Waals surface area contributed by atoms with Gasteiger partial charge in [-0.15, -0.1) is 0 Å². The minimum atomic E-state index is 0.550. The molecule has 7 nitrogen and oxygen atoms in total. The van der Waals surface area contributed by atoms with Gasteiger partial charge < -0.3 is 15.0 Å². The van der Waals surface area contributed by atoms with Gasteiger partial charge in [0.15, 0.2) is 5.82 Å². The maximum atomic E-state index is 5.32. The van der Waals surface area contributed by atoms with Crippen molar-refractivity contribution in [3.05, 3.63) is 24.0 Å². The van der Waals surface area contributed by atoms with Crippen LogP contribution in [0.3, 0.4) is 0 Å². The molecule has 7 heteroatoms. The fraction of sp³-hybridized carbons (Fsp3) is 0.632. The third-order valence-corrected chi connectivity index (χ3v) is 5.50. The van der Waals surface area contributed by atoms with Gasteiger partial charge in [0.2, 0.25) is 5.95 Å². The molecule has 2 aliphatic rings. The zero-order valence-corrected chi connectivity index (χ0v) is 15.4. The highest BCUT2D eigenvalue weighted by atomic mass is 16.5. The lowest BCUT2D eigenvalue weighted by Gasteiger charge is -2.32. The van der Waals surface area contributed by atoms with Gasteiger partial charge in [-0.2, -0.15) is 10.1 Å². The van der Waals surface area contributed by atoms with Crippen molar-refractivity contribution >= 4 is 17.6 Å². The van der Waals surface area contributed by atoms with E-state index in [0.29, 0.717) is 11.8 Å². The molecular weight excluding hydrogens is 328 g/mol. The molecule has 2 fully saturated rings. The molecule has 2 aromatic rings. The van der Waals surface area contributed by atoms with Crippen molar-refractivity contribution < 1.29 is 4.74 Å². The summed E-state index contributed by atoms with van der Waals surface area (Å²) < 4.78 is 5.32. The van der Waals surface area contributed by atoms with E-state index in [1.54, 1.807) is 7.11 Å². The number of rotatable bonds is 6. The predicted octanol–water partition coefficient (Wildman–Crippen LogP) is 3.46. The van der Waals surface area contributed by atoms with Crippen LogP contribution in [0, 0.1) is 5.92 Å². The first-order chi connectivity index (χ1) is 12.8. The van der Waals surface area contributed by atoms with Crippen LogP contribution in [0.15, 0.2) is 18.3 Å². The van der Waals surface area contributed by atoms with Crippen molar-refractivity contribution in [2.45, 2.75) is 44.4 Å². The number of anilines is 3. The molecule has 140 valence electrons. The highest BCUT2D eigenvalue weighted by Crippen LogP contribution is 2.34. The summed E-state index contributed by atoms with van der Waals surface area (Å²) in [6, 6.07) is 4.01. The van der Waals surface area contributed by atoms with Gasteiger partial charge in [0.1, 0.15) is 5.82 Å². The number of hydrogen-bond acceptors (Lipinski definition) is 6. The minimum Gasteiger partial charge on any atom is -0.384 e. The van der Waals surface area contributed by atoms with Crippen molar-refractivity contribution in [1.82, 2.24) is 20.2 Å². The molecule has 1 saturated carbocycles. The van der Waals surface area contributed by atoms with Gasteiger partial charge in [0.25, 0.3) is 0 Å². The molecule has 1 aliphatic heterocycles. The van der Waals surface area contributed by atoms with Crippen LogP contribution in [-0.4, -0.2) is 47.0 Å². The number of H-pyrrole nitrogens is 1. The normalized spacial score (nSPS) is 21.3. The van der Waals surface area contributed by atoms with Crippen molar-refractivity contribution in [1.29, 1.82) is 0 Å². The van der Waals surface area contributed by atoms with Crippen molar-refractivity contribution in [3.63, 3.8) is 0 Å². The Labute approximate surface area is 154 Å². The van der Waals surface area contributed by atoms with Gasteiger partial charge in [0, 0.05) is 44.1 Å². The predicted molar refractivity (Wildman–Crippen MR) is 102 cm³/mol. The lowest BCUT2D eigenvalue weighted by Crippen LogP contribution is -2.38. The van der Waals surface area contributed by atoms with E-state index in [2.05, 4.69) is 31.5 Å². The number of methoxy groups -OCH3 is 1. The molecule has 0 aromatic carbocycles. The van der Waals surface area contributed by atoms with Crippen LogP contribution in [0.2, 0.25) is 0 Å². The Hall–Kier alpha value is -2.15. The summed E-state index contributed by atoms with van der Waals surface area (Å²) in [5.74, 6) is 3.57. The Bertz CT molecular complexity index is 710. The van der Waals surface area contributed by atoms with E-state index in [1.165, 1.54) is 37.8 Å². The standard InChI is InChI=1S/C19H28N6O/c1-26-13-14-5-4-10-25(12-14)19-20-9-8-17(22-19)21-18-11-16(23-24-18)15-6-2-3-7-15/h8-9,11,14-15H,2-7,10,12-13H2,1H3,(H2,20,21,22,23,24)/t14-/m0/s1. The van der Waals surface area contributed by atoms with Gasteiger partial charge in [-0.3, -0.25) is 5.10 Å². The van der Waals surface area contributed by atoms with Crippen LogP contribution in [0.1, 0.15) is 50.1 Å². The Morgan fingerprint density at radius 3 is 2.96 bits per heavy atom. The lowest BCUT2D eigenvalue weighted by atomic mass is 9.99. The first-order valence-corrected chi connectivity index (χ1v) is 9.71. The third kappa shape index (κ3) is 3.98. The largest absolute Gasteiger partial charge is 0.384 e. The summed E-state index contributed by atoms with van der Waals surface area (Å²) in [4.78, 5) is 11.4. The van der Waals surface area contributed by atoms with E-state index in [1.807, 2.05) is 12.3 Å². The molecule has 0 radical (unpaired) electrons. The zero-order chi connectivity index (χ0) is 17.8. The molecule has 1 aliphatic carbocycles. The second kappa shape index (κ2) is 8.03. The van der Waals surface area contributed by atoms with Crippen LogP contribution in [0.5, 0.6) is 0 Å². The monoisotopic (exact) mass is 356 g/mol. The maximum Gasteiger partial charge on any atom is 0.227 e. The minimum absolute atomic E-state index is 0.550. The number of nitrogens with zero attached hydrogens (tertiary/aromatic N) is 4. The summed E-state index contributed by atoms with van der Waals surface area (Å²) in [5.41, 5.74) is 1.23. The average Bonchev–Trinajstić information content (AvgIpc) is 3.34. The second-order valence-electron chi connectivity index (χ2n) is 7.47. The number of nitrogens with one attached hydrogen (secondary N) is 2. The molecule has 0 unspecified atom stereocenters. The van der Waals surface area contributed by atoms with Crippen LogP contribution < -0.4 is 10.2 Å². The summed E-state index contributed by atoms with van der Waals surface area (Å²) in [7, 11) is 1.77. The molecule has 3 heterocycles. The Balaban J connectivity index is 1.42. The number of aromatic nitrogens is 4. The molecule has 4 rings (SSSR count). The van der Waals surface area contributed by atoms with Crippen molar-refractivity contribution in [2.75, 3.05) is 37.0 Å². The van der Waals surface area contributed by atoms with Crippen LogP contribution in [-0.2, 0) is 4.74 Å². The van der Waals surface area contributed by atoms with Crippen LogP contribution in [0.25, 0.3) is 0 Å².